The van der Waals surface area contributed by atoms with E-state index >= 15 is 0 Å². The number of hydrogen-bond donors (Lipinski definition) is 2. The standard InChI is InChI=1S/C20H31F3N4O2.HI/c1-6-15(4)29-17-10-14(3)8-9-16(17)11-25-19(24-7-2)26-12-18(28)27(5)13-20(21,22)23;/h8-10,15H,6-7,11-13H2,1-5H3,(H2,24,25,26);1H. The highest BCUT2D eigenvalue weighted by molar-refractivity contribution is 14.0. The number of guanidine groups is 1. The fraction of sp³-hybridized carbons (Fsp3) is 0.600. The zero-order chi connectivity index (χ0) is 22.0. The van der Waals surface area contributed by atoms with Crippen LogP contribution in [0.15, 0.2) is 23.2 Å². The molecular weight excluding hydrogens is 512 g/mol. The molecule has 0 heterocycles. The summed E-state index contributed by atoms with van der Waals surface area (Å²) in [7, 11) is 1.12. The van der Waals surface area contributed by atoms with Crippen molar-refractivity contribution in [2.24, 2.45) is 4.99 Å². The molecule has 6 nitrogen and oxygen atoms in total. The van der Waals surface area contributed by atoms with Gasteiger partial charge in [0.1, 0.15) is 12.3 Å². The molecule has 2 N–H and O–H groups in total. The average Bonchev–Trinajstić information content (AvgIpc) is 2.63. The zero-order valence-electron chi connectivity index (χ0n) is 18.1. The van der Waals surface area contributed by atoms with Crippen molar-refractivity contribution in [3.63, 3.8) is 0 Å². The number of rotatable bonds is 9. The first kappa shape index (κ1) is 28.3. The smallest absolute Gasteiger partial charge is 0.406 e. The molecule has 0 spiro atoms. The molecule has 0 radical (unpaired) electrons. The summed E-state index contributed by atoms with van der Waals surface area (Å²) < 4.78 is 43.2. The lowest BCUT2D eigenvalue weighted by Crippen LogP contribution is -2.45. The van der Waals surface area contributed by atoms with E-state index in [9.17, 15) is 18.0 Å². The summed E-state index contributed by atoms with van der Waals surface area (Å²) in [5.74, 6) is 0.417. The Kier molecular flexibility index (Phi) is 12.8. The van der Waals surface area contributed by atoms with Crippen molar-refractivity contribution in [2.45, 2.75) is 52.9 Å². The number of halogens is 4. The van der Waals surface area contributed by atoms with Crippen LogP contribution in [0.1, 0.15) is 38.3 Å². The summed E-state index contributed by atoms with van der Waals surface area (Å²) in [6.07, 6.45) is -3.50. The topological polar surface area (TPSA) is 66.0 Å². The van der Waals surface area contributed by atoms with Gasteiger partial charge in [-0.25, -0.2) is 4.99 Å². The molecule has 1 unspecified atom stereocenters. The van der Waals surface area contributed by atoms with Crippen LogP contribution < -0.4 is 15.4 Å². The molecule has 0 saturated heterocycles. The molecule has 1 amide bonds. The SMILES string of the molecule is CCNC(=NCc1ccc(C)cc1OC(C)CC)NCC(=O)N(C)CC(F)(F)F.I. The van der Waals surface area contributed by atoms with Gasteiger partial charge in [0.05, 0.1) is 19.2 Å². The number of amides is 1. The Morgan fingerprint density at radius 1 is 1.27 bits per heavy atom. The van der Waals surface area contributed by atoms with Gasteiger partial charge in [0.2, 0.25) is 5.91 Å². The highest BCUT2D eigenvalue weighted by Crippen LogP contribution is 2.23. The highest BCUT2D eigenvalue weighted by Gasteiger charge is 2.31. The maximum Gasteiger partial charge on any atom is 0.406 e. The van der Waals surface area contributed by atoms with Gasteiger partial charge in [-0.2, -0.15) is 13.2 Å². The van der Waals surface area contributed by atoms with Crippen molar-refractivity contribution in [2.75, 3.05) is 26.7 Å². The summed E-state index contributed by atoms with van der Waals surface area (Å²) in [5.41, 5.74) is 1.95. The Bertz CT molecular complexity index is 699. The van der Waals surface area contributed by atoms with Crippen molar-refractivity contribution >= 4 is 35.8 Å². The molecule has 0 bridgehead atoms. The van der Waals surface area contributed by atoms with Gasteiger partial charge in [0.15, 0.2) is 5.96 Å². The molecule has 1 aromatic rings. The fourth-order valence-electron chi connectivity index (χ4n) is 2.36. The minimum atomic E-state index is -4.43. The lowest BCUT2D eigenvalue weighted by Gasteiger charge is -2.20. The Labute approximate surface area is 193 Å². The van der Waals surface area contributed by atoms with Gasteiger partial charge in [0.25, 0.3) is 0 Å². The molecule has 1 aromatic carbocycles. The average molecular weight is 544 g/mol. The van der Waals surface area contributed by atoms with Crippen molar-refractivity contribution in [1.82, 2.24) is 15.5 Å². The van der Waals surface area contributed by atoms with Gasteiger partial charge in [-0.05, 0) is 38.8 Å². The minimum Gasteiger partial charge on any atom is -0.490 e. The number of nitrogens with one attached hydrogen (secondary N) is 2. The second-order valence-corrected chi connectivity index (χ2v) is 6.86. The summed E-state index contributed by atoms with van der Waals surface area (Å²) in [5, 5.41) is 5.76. The zero-order valence-corrected chi connectivity index (χ0v) is 20.4. The number of nitrogens with zero attached hydrogens (tertiary/aromatic N) is 2. The molecule has 0 aliphatic rings. The van der Waals surface area contributed by atoms with E-state index in [0.717, 1.165) is 30.3 Å². The molecular formula is C20H32F3IN4O2. The third kappa shape index (κ3) is 10.9. The number of ether oxygens (including phenoxy) is 1. The van der Waals surface area contributed by atoms with Crippen LogP contribution in [0.25, 0.3) is 0 Å². The van der Waals surface area contributed by atoms with E-state index in [4.69, 9.17) is 4.74 Å². The normalized spacial score (nSPS) is 12.6. The number of carbonyl (C=O) groups is 1. The first-order valence-electron chi connectivity index (χ1n) is 9.64. The van der Waals surface area contributed by atoms with E-state index in [-0.39, 0.29) is 36.6 Å². The van der Waals surface area contributed by atoms with E-state index in [1.165, 1.54) is 0 Å². The second kappa shape index (κ2) is 13.6. The predicted octanol–water partition coefficient (Wildman–Crippen LogP) is 3.87. The van der Waals surface area contributed by atoms with Crippen LogP contribution in [0.4, 0.5) is 13.2 Å². The number of benzene rings is 1. The summed E-state index contributed by atoms with van der Waals surface area (Å²) >= 11 is 0. The molecule has 0 aliphatic carbocycles. The number of carbonyl (C=O) groups excluding carboxylic acids is 1. The van der Waals surface area contributed by atoms with Crippen LogP contribution in [0.5, 0.6) is 5.75 Å². The summed E-state index contributed by atoms with van der Waals surface area (Å²) in [4.78, 5) is 17.0. The van der Waals surface area contributed by atoms with Crippen LogP contribution in [-0.4, -0.2) is 55.7 Å². The monoisotopic (exact) mass is 544 g/mol. The molecule has 1 rings (SSSR count). The Morgan fingerprint density at radius 2 is 1.93 bits per heavy atom. The van der Waals surface area contributed by atoms with Crippen LogP contribution >= 0.6 is 24.0 Å². The molecule has 0 saturated carbocycles. The molecule has 10 heteroatoms. The Morgan fingerprint density at radius 3 is 2.50 bits per heavy atom. The summed E-state index contributed by atoms with van der Waals surface area (Å²) in [6.45, 7) is 7.13. The molecule has 0 aliphatic heterocycles. The third-order valence-corrected chi connectivity index (χ3v) is 4.13. The van der Waals surface area contributed by atoms with Gasteiger partial charge in [-0.15, -0.1) is 24.0 Å². The van der Waals surface area contributed by atoms with Crippen LogP contribution in [-0.2, 0) is 11.3 Å². The van der Waals surface area contributed by atoms with Crippen LogP contribution in [0, 0.1) is 6.92 Å². The van der Waals surface area contributed by atoms with Crippen LogP contribution in [0.2, 0.25) is 0 Å². The van der Waals surface area contributed by atoms with Gasteiger partial charge in [0, 0.05) is 19.2 Å². The van der Waals surface area contributed by atoms with E-state index in [1.807, 2.05) is 45.9 Å². The molecule has 1 atom stereocenters. The predicted molar refractivity (Wildman–Crippen MR) is 123 cm³/mol. The van der Waals surface area contributed by atoms with E-state index in [2.05, 4.69) is 15.6 Å². The van der Waals surface area contributed by atoms with Crippen molar-refractivity contribution in [3.05, 3.63) is 29.3 Å². The van der Waals surface area contributed by atoms with Crippen molar-refractivity contribution < 1.29 is 22.7 Å². The number of aliphatic imine (C=N–C) groups is 1. The van der Waals surface area contributed by atoms with Gasteiger partial charge < -0.3 is 20.3 Å². The fourth-order valence-corrected chi connectivity index (χ4v) is 2.36. The highest BCUT2D eigenvalue weighted by atomic mass is 127. The third-order valence-electron chi connectivity index (χ3n) is 4.13. The second-order valence-electron chi connectivity index (χ2n) is 6.86. The minimum absolute atomic E-state index is 0. The number of alkyl halides is 3. The largest absolute Gasteiger partial charge is 0.490 e. The van der Waals surface area contributed by atoms with Crippen molar-refractivity contribution in [3.8, 4) is 5.75 Å². The Balaban J connectivity index is 0.00000841. The lowest BCUT2D eigenvalue weighted by molar-refractivity contribution is -0.157. The molecule has 0 aromatic heterocycles. The molecule has 172 valence electrons. The van der Waals surface area contributed by atoms with E-state index in [0.29, 0.717) is 23.9 Å². The maximum atomic E-state index is 12.4. The maximum absolute atomic E-state index is 12.4. The number of likely N-dealkylation sites (N-methyl/N-ethyl adjacent to an activating group) is 1. The van der Waals surface area contributed by atoms with E-state index in [1.54, 1.807) is 0 Å². The van der Waals surface area contributed by atoms with Gasteiger partial charge in [-0.3, -0.25) is 4.79 Å². The molecule has 0 fully saturated rings. The van der Waals surface area contributed by atoms with Crippen molar-refractivity contribution in [1.29, 1.82) is 0 Å². The molecule has 30 heavy (non-hydrogen) atoms. The number of hydrogen-bond acceptors (Lipinski definition) is 3. The van der Waals surface area contributed by atoms with Gasteiger partial charge in [-0.1, -0.05) is 19.1 Å². The van der Waals surface area contributed by atoms with E-state index < -0.39 is 18.6 Å². The van der Waals surface area contributed by atoms with Crippen LogP contribution in [0.3, 0.4) is 0 Å². The lowest BCUT2D eigenvalue weighted by atomic mass is 10.1. The first-order valence-corrected chi connectivity index (χ1v) is 9.64. The first-order chi connectivity index (χ1) is 13.6. The number of aryl methyl sites for hydroxylation is 1. The Hall–Kier alpha value is -1.72. The quantitative estimate of drug-likeness (QED) is 0.282. The van der Waals surface area contributed by atoms with Gasteiger partial charge >= 0.3 is 6.18 Å². The summed E-state index contributed by atoms with van der Waals surface area (Å²) in [6, 6.07) is 5.85.